The third-order valence-corrected chi connectivity index (χ3v) is 2.43. The lowest BCUT2D eigenvalue weighted by Crippen LogP contribution is -2.34. The van der Waals surface area contributed by atoms with Gasteiger partial charge in [-0.25, -0.2) is 0 Å². The Labute approximate surface area is 97.4 Å². The minimum Gasteiger partial charge on any atom is -0.482 e. The van der Waals surface area contributed by atoms with Crippen LogP contribution < -0.4 is 15.8 Å². The molecule has 1 aliphatic heterocycles. The highest BCUT2D eigenvalue weighted by Gasteiger charge is 2.20. The van der Waals surface area contributed by atoms with Crippen LogP contribution in [0.5, 0.6) is 5.75 Å². The number of carbonyl (C=O) groups is 2. The minimum atomic E-state index is -0.951. The van der Waals surface area contributed by atoms with Crippen molar-refractivity contribution in [1.29, 1.82) is 0 Å². The predicted octanol–water partition coefficient (Wildman–Crippen LogP) is -0.480. The van der Waals surface area contributed by atoms with E-state index in [0.717, 1.165) is 0 Å². The summed E-state index contributed by atoms with van der Waals surface area (Å²) in [6.07, 6.45) is 0. The summed E-state index contributed by atoms with van der Waals surface area (Å²) < 4.78 is 5.15. The van der Waals surface area contributed by atoms with E-state index in [0.29, 0.717) is 17.0 Å². The average Bonchev–Trinajstić information content (AvgIpc) is 2.36. The smallest absolute Gasteiger partial charge is 0.262 e. The van der Waals surface area contributed by atoms with Crippen LogP contribution in [0.15, 0.2) is 18.2 Å². The van der Waals surface area contributed by atoms with Crippen molar-refractivity contribution >= 4 is 17.4 Å². The highest BCUT2D eigenvalue weighted by molar-refractivity contribution is 6.03. The first-order valence-corrected chi connectivity index (χ1v) is 5.09. The lowest BCUT2D eigenvalue weighted by Gasteiger charge is -2.18. The van der Waals surface area contributed by atoms with Crippen LogP contribution in [0.3, 0.4) is 0 Å². The zero-order valence-corrected chi connectivity index (χ0v) is 8.97. The number of nitrogens with two attached hydrogens (primary N) is 1. The number of benzene rings is 1. The molecule has 0 radical (unpaired) electrons. The van der Waals surface area contributed by atoms with Gasteiger partial charge in [0.1, 0.15) is 5.75 Å². The Kier molecular flexibility index (Phi) is 3.08. The van der Waals surface area contributed by atoms with E-state index in [1.165, 1.54) is 6.07 Å². The summed E-state index contributed by atoms with van der Waals surface area (Å²) in [7, 11) is 0. The summed E-state index contributed by atoms with van der Waals surface area (Å²) >= 11 is 0. The van der Waals surface area contributed by atoms with Gasteiger partial charge >= 0.3 is 0 Å². The molecule has 1 heterocycles. The first-order chi connectivity index (χ1) is 8.11. The molecule has 1 atom stereocenters. The summed E-state index contributed by atoms with van der Waals surface area (Å²) in [5, 5.41) is 11.4. The number of Topliss-reactive ketones (excluding diaryl/α,β-unsaturated/α-hetero) is 1. The average molecular weight is 236 g/mol. The molecule has 0 saturated carbocycles. The van der Waals surface area contributed by atoms with Crippen molar-refractivity contribution in [3.8, 4) is 5.75 Å². The van der Waals surface area contributed by atoms with E-state index in [1.807, 2.05) is 0 Å². The molecule has 1 unspecified atom stereocenters. The van der Waals surface area contributed by atoms with Crippen LogP contribution in [0.2, 0.25) is 0 Å². The number of anilines is 1. The SMILES string of the molecule is NC(CO)C(=O)c1ccc2c(c1)NC(=O)CO2. The molecule has 1 amide bonds. The number of ketones is 1. The van der Waals surface area contributed by atoms with Gasteiger partial charge in [0.05, 0.1) is 18.3 Å². The fourth-order valence-corrected chi connectivity index (χ4v) is 1.53. The Bertz CT molecular complexity index is 473. The van der Waals surface area contributed by atoms with E-state index in [4.69, 9.17) is 15.6 Å². The van der Waals surface area contributed by atoms with Crippen molar-refractivity contribution < 1.29 is 19.4 Å². The zero-order valence-electron chi connectivity index (χ0n) is 8.97. The van der Waals surface area contributed by atoms with Crippen molar-refractivity contribution in [2.45, 2.75) is 6.04 Å². The van der Waals surface area contributed by atoms with Crippen LogP contribution in [0, 0.1) is 0 Å². The summed E-state index contributed by atoms with van der Waals surface area (Å²) in [4.78, 5) is 22.8. The van der Waals surface area contributed by atoms with Gasteiger partial charge in [-0.1, -0.05) is 0 Å². The van der Waals surface area contributed by atoms with Gasteiger partial charge in [-0.05, 0) is 18.2 Å². The lowest BCUT2D eigenvalue weighted by molar-refractivity contribution is -0.118. The number of rotatable bonds is 3. The number of fused-ring (bicyclic) bond motifs is 1. The molecule has 6 nitrogen and oxygen atoms in total. The Hall–Kier alpha value is -1.92. The van der Waals surface area contributed by atoms with Gasteiger partial charge in [-0.3, -0.25) is 9.59 Å². The number of carbonyl (C=O) groups excluding carboxylic acids is 2. The van der Waals surface area contributed by atoms with Gasteiger partial charge in [-0.2, -0.15) is 0 Å². The van der Waals surface area contributed by atoms with E-state index in [1.54, 1.807) is 12.1 Å². The van der Waals surface area contributed by atoms with Gasteiger partial charge in [0.15, 0.2) is 12.4 Å². The van der Waals surface area contributed by atoms with E-state index < -0.39 is 12.6 Å². The highest BCUT2D eigenvalue weighted by Crippen LogP contribution is 2.28. The number of aliphatic hydroxyl groups is 1. The molecule has 0 spiro atoms. The quantitative estimate of drug-likeness (QED) is 0.615. The third kappa shape index (κ3) is 2.27. The maximum Gasteiger partial charge on any atom is 0.262 e. The molecule has 1 aromatic rings. The number of aliphatic hydroxyl groups excluding tert-OH is 1. The van der Waals surface area contributed by atoms with Crippen molar-refractivity contribution in [1.82, 2.24) is 0 Å². The fraction of sp³-hybridized carbons (Fsp3) is 0.273. The molecule has 0 aromatic heterocycles. The second kappa shape index (κ2) is 4.52. The molecule has 0 fully saturated rings. The number of nitrogens with one attached hydrogen (secondary N) is 1. The van der Waals surface area contributed by atoms with Crippen LogP contribution in [0.1, 0.15) is 10.4 Å². The molecular weight excluding hydrogens is 224 g/mol. The highest BCUT2D eigenvalue weighted by atomic mass is 16.5. The second-order valence-corrected chi connectivity index (χ2v) is 3.70. The normalized spacial score (nSPS) is 15.5. The third-order valence-electron chi connectivity index (χ3n) is 2.43. The largest absolute Gasteiger partial charge is 0.482 e. The van der Waals surface area contributed by atoms with Gasteiger partial charge in [0.2, 0.25) is 0 Å². The molecule has 0 bridgehead atoms. The summed E-state index contributed by atoms with van der Waals surface area (Å²) in [5.41, 5.74) is 6.21. The molecule has 0 saturated heterocycles. The van der Waals surface area contributed by atoms with Crippen LogP contribution in [0.25, 0.3) is 0 Å². The van der Waals surface area contributed by atoms with Crippen molar-refractivity contribution in [2.24, 2.45) is 5.73 Å². The molecule has 90 valence electrons. The molecule has 0 aliphatic carbocycles. The van der Waals surface area contributed by atoms with Crippen LogP contribution in [0.4, 0.5) is 5.69 Å². The van der Waals surface area contributed by atoms with E-state index in [2.05, 4.69) is 5.32 Å². The molecule has 17 heavy (non-hydrogen) atoms. The zero-order chi connectivity index (χ0) is 12.4. The van der Waals surface area contributed by atoms with Gasteiger partial charge in [-0.15, -0.1) is 0 Å². The Morgan fingerprint density at radius 1 is 1.59 bits per heavy atom. The van der Waals surface area contributed by atoms with Crippen LogP contribution in [-0.2, 0) is 4.79 Å². The Morgan fingerprint density at radius 2 is 2.35 bits per heavy atom. The van der Waals surface area contributed by atoms with Crippen LogP contribution >= 0.6 is 0 Å². The number of hydrogen-bond acceptors (Lipinski definition) is 5. The van der Waals surface area contributed by atoms with E-state index >= 15 is 0 Å². The fourth-order valence-electron chi connectivity index (χ4n) is 1.53. The first-order valence-electron chi connectivity index (χ1n) is 5.09. The first kappa shape index (κ1) is 11.6. The van der Waals surface area contributed by atoms with Crippen molar-refractivity contribution in [3.05, 3.63) is 23.8 Å². The maximum absolute atomic E-state index is 11.7. The molecular formula is C11H12N2O4. The topological polar surface area (TPSA) is 102 Å². The van der Waals surface area contributed by atoms with E-state index in [9.17, 15) is 9.59 Å². The van der Waals surface area contributed by atoms with Gasteiger partial charge in [0.25, 0.3) is 5.91 Å². The number of ether oxygens (including phenoxy) is 1. The molecule has 2 rings (SSSR count). The Balaban J connectivity index is 2.30. The number of hydrogen-bond donors (Lipinski definition) is 3. The summed E-state index contributed by atoms with van der Waals surface area (Å²) in [6, 6.07) is 3.68. The van der Waals surface area contributed by atoms with Crippen molar-refractivity contribution in [2.75, 3.05) is 18.5 Å². The molecule has 6 heteroatoms. The monoisotopic (exact) mass is 236 g/mol. The standard InChI is InChI=1S/C11H12N2O4/c12-7(4-14)11(16)6-1-2-9-8(3-6)13-10(15)5-17-9/h1-3,7,14H,4-5,12H2,(H,13,15). The number of amides is 1. The second-order valence-electron chi connectivity index (χ2n) is 3.70. The van der Waals surface area contributed by atoms with Gasteiger partial charge in [0, 0.05) is 5.56 Å². The molecule has 1 aromatic carbocycles. The maximum atomic E-state index is 11.7. The van der Waals surface area contributed by atoms with Crippen molar-refractivity contribution in [3.63, 3.8) is 0 Å². The predicted molar refractivity (Wildman–Crippen MR) is 60.0 cm³/mol. The van der Waals surface area contributed by atoms with Gasteiger partial charge < -0.3 is 20.9 Å². The lowest BCUT2D eigenvalue weighted by atomic mass is 10.0. The summed E-state index contributed by atoms with van der Waals surface area (Å²) in [6.45, 7) is -0.449. The molecule has 4 N–H and O–H groups in total. The summed E-state index contributed by atoms with van der Waals surface area (Å²) in [5.74, 6) is -0.137. The van der Waals surface area contributed by atoms with Crippen LogP contribution in [-0.4, -0.2) is 36.1 Å². The Morgan fingerprint density at radius 3 is 3.06 bits per heavy atom. The minimum absolute atomic E-state index is 0.0313. The van der Waals surface area contributed by atoms with E-state index in [-0.39, 0.29) is 18.3 Å². The molecule has 1 aliphatic rings.